The van der Waals surface area contributed by atoms with Gasteiger partial charge in [-0.15, -0.1) is 0 Å². The molecule has 168 valence electrons. The molecule has 29 heavy (non-hydrogen) atoms. The molecule has 0 bridgehead atoms. The van der Waals surface area contributed by atoms with Crippen LogP contribution in [0.5, 0.6) is 0 Å². The SMILES string of the molecule is C=C=C=C=C=C=C=C=C=C=C=C=C=C=C[C@H](O)[C@H](C)NC(=O)Nc1ccccc1.[HH].[HH].[HH].[HH].[HH].[HH].[HH].[HH].[HH].[HH].[HH].[HH].[HH].[HH].[HH]. The molecule has 0 aliphatic carbocycles. The first-order valence-electron chi connectivity index (χ1n) is 8.30. The number of para-hydroxylation sites is 1. The maximum atomic E-state index is 11.9. The van der Waals surface area contributed by atoms with Crippen LogP contribution in [0.4, 0.5) is 10.5 Å². The van der Waals surface area contributed by atoms with Gasteiger partial charge in [-0.2, -0.15) is 0 Å². The summed E-state index contributed by atoms with van der Waals surface area (Å²) in [5.74, 6) is 0. The van der Waals surface area contributed by atoms with Crippen molar-refractivity contribution in [3.05, 3.63) is 117 Å². The molecular weight excluding hydrogens is 360 g/mol. The molecule has 0 aliphatic heterocycles. The van der Waals surface area contributed by atoms with Gasteiger partial charge in [0, 0.05) is 27.1 Å². The zero-order valence-corrected chi connectivity index (χ0v) is 15.7. The molecule has 0 spiro atoms. The van der Waals surface area contributed by atoms with Crippen LogP contribution in [0.2, 0.25) is 0 Å². The number of urea groups is 1. The monoisotopic (exact) mass is 406 g/mol. The van der Waals surface area contributed by atoms with Crippen molar-refractivity contribution in [1.82, 2.24) is 5.32 Å². The average molecular weight is 407 g/mol. The predicted molar refractivity (Wildman–Crippen MR) is 142 cm³/mol. The summed E-state index contributed by atoms with van der Waals surface area (Å²) in [6.07, 6.45) is 0.385. The number of benzene rings is 1. The topological polar surface area (TPSA) is 61.4 Å². The fourth-order valence-corrected chi connectivity index (χ4v) is 1.61. The third kappa shape index (κ3) is 11.5. The number of anilines is 1. The number of nitrogens with one attached hydrogen (secondary N) is 2. The van der Waals surface area contributed by atoms with Crippen molar-refractivity contribution in [2.45, 2.75) is 19.1 Å². The first kappa shape index (κ1) is 22.4. The van der Waals surface area contributed by atoms with Gasteiger partial charge in [0.2, 0.25) is 0 Å². The Balaban J connectivity index is -0.0000000431. The number of hydrogen-bond acceptors (Lipinski definition) is 2. The minimum Gasteiger partial charge on any atom is -0.386 e. The maximum Gasteiger partial charge on any atom is 0.319 e. The van der Waals surface area contributed by atoms with E-state index in [9.17, 15) is 9.90 Å². The van der Waals surface area contributed by atoms with E-state index in [0.29, 0.717) is 5.69 Å². The van der Waals surface area contributed by atoms with Crippen LogP contribution in [0.15, 0.2) is 117 Å². The molecule has 4 nitrogen and oxygen atoms in total. The molecule has 3 N–H and O–H groups in total. The summed E-state index contributed by atoms with van der Waals surface area (Å²) >= 11 is 0. The van der Waals surface area contributed by atoms with E-state index < -0.39 is 18.2 Å². The lowest BCUT2D eigenvalue weighted by Gasteiger charge is -2.17. The smallest absolute Gasteiger partial charge is 0.319 e. The van der Waals surface area contributed by atoms with E-state index in [0.717, 1.165) is 0 Å². The normalized spacial score (nSPS) is 9.31. The average Bonchev–Trinajstić information content (AvgIpc) is 2.71. The van der Waals surface area contributed by atoms with Gasteiger partial charge in [0.25, 0.3) is 0 Å². The van der Waals surface area contributed by atoms with Crippen LogP contribution in [0.1, 0.15) is 28.3 Å². The molecule has 2 amide bonds. The van der Waals surface area contributed by atoms with Gasteiger partial charge in [-0.05, 0) is 94.8 Å². The Labute approximate surface area is 191 Å². The van der Waals surface area contributed by atoms with Gasteiger partial charge in [0.05, 0.1) is 6.04 Å². The lowest BCUT2D eigenvalue weighted by molar-refractivity contribution is 0.179. The van der Waals surface area contributed by atoms with Crippen LogP contribution in [-0.4, -0.2) is 23.3 Å². The highest BCUT2D eigenvalue weighted by Crippen LogP contribution is 2.04. The Bertz CT molecular complexity index is 1260. The van der Waals surface area contributed by atoms with Crippen LogP contribution in [0.25, 0.3) is 0 Å². The maximum absolute atomic E-state index is 11.9. The minimum absolute atomic E-state index is 0. The van der Waals surface area contributed by atoms with Gasteiger partial charge in [-0.1, -0.05) is 29.7 Å². The zero-order valence-electron chi connectivity index (χ0n) is 15.7. The number of aliphatic hydroxyl groups excluding tert-OH is 1. The second-order valence-corrected chi connectivity index (χ2v) is 5.11. The van der Waals surface area contributed by atoms with Crippen LogP contribution >= 0.6 is 0 Å². The molecule has 0 radical (unpaired) electrons. The number of carbonyl (C=O) groups is 1. The number of amides is 2. The summed E-state index contributed by atoms with van der Waals surface area (Å²) < 4.78 is 0. The molecule has 0 aromatic heterocycles. The van der Waals surface area contributed by atoms with E-state index in [-0.39, 0.29) is 21.4 Å². The van der Waals surface area contributed by atoms with Crippen LogP contribution in [-0.2, 0) is 0 Å². The summed E-state index contributed by atoms with van der Waals surface area (Å²) in [5.41, 5.74) is 33.0. The Hall–Kier alpha value is -4.67. The molecule has 0 saturated heterocycles. The van der Waals surface area contributed by atoms with Crippen LogP contribution in [0, 0.1) is 0 Å². The summed E-state index contributed by atoms with van der Waals surface area (Å²) in [7, 11) is 0. The molecule has 0 heterocycles. The van der Waals surface area contributed by atoms with Gasteiger partial charge in [-0.3, -0.25) is 0 Å². The van der Waals surface area contributed by atoms with E-state index in [4.69, 9.17) is 0 Å². The van der Waals surface area contributed by atoms with E-state index in [1.165, 1.54) is 6.08 Å². The van der Waals surface area contributed by atoms with Gasteiger partial charge in [-0.25, -0.2) is 4.79 Å². The second-order valence-electron chi connectivity index (χ2n) is 5.11. The van der Waals surface area contributed by atoms with Crippen molar-refractivity contribution in [2.75, 3.05) is 5.32 Å². The molecule has 0 fully saturated rings. The summed E-state index contributed by atoms with van der Waals surface area (Å²) in [6.45, 7) is 4.97. The highest BCUT2D eigenvalue weighted by atomic mass is 16.3. The third-order valence-electron chi connectivity index (χ3n) is 2.94. The van der Waals surface area contributed by atoms with Gasteiger partial charge in [0.1, 0.15) is 6.10 Å². The van der Waals surface area contributed by atoms with E-state index in [1.807, 2.05) is 18.2 Å². The van der Waals surface area contributed by atoms with Crippen molar-refractivity contribution >= 4 is 11.7 Å². The van der Waals surface area contributed by atoms with Crippen molar-refractivity contribution in [2.24, 2.45) is 0 Å². The van der Waals surface area contributed by atoms with Gasteiger partial charge < -0.3 is 15.7 Å². The molecule has 4 heteroatoms. The van der Waals surface area contributed by atoms with Crippen LogP contribution < -0.4 is 10.6 Å². The van der Waals surface area contributed by atoms with Crippen molar-refractivity contribution in [3.63, 3.8) is 0 Å². The lowest BCUT2D eigenvalue weighted by Crippen LogP contribution is -2.42. The number of hydrogen-bond donors (Lipinski definition) is 3. The van der Waals surface area contributed by atoms with Crippen LogP contribution in [0.3, 0.4) is 0 Å². The van der Waals surface area contributed by atoms with E-state index >= 15 is 0 Å². The summed E-state index contributed by atoms with van der Waals surface area (Å²) in [6, 6.07) is 8.03. The quantitative estimate of drug-likeness (QED) is 0.455. The Morgan fingerprint density at radius 1 is 0.966 bits per heavy atom. The standard InChI is InChI=1S/C25H16N2O2.15H2/c1-3-4-5-6-7-8-9-10-11-12-13-14-18-21-24(28)22(2)26-25(29)27-23-19-16-15-17-20-23;;;;;;;;;;;;;;;/h15-17,19-22,24,28H,1H2,2H3,(H2,26,27,29);15*1H/t22-,24-;;;;;;;;;;;;;;;/m0.............../s1. The first-order valence-corrected chi connectivity index (χ1v) is 8.30. The zero-order chi connectivity index (χ0) is 21.2. The Morgan fingerprint density at radius 2 is 1.48 bits per heavy atom. The number of carbonyl (C=O) groups excluding carboxylic acids is 1. The molecule has 1 rings (SSSR count). The fraction of sp³-hybridized carbons (Fsp3) is 0.120. The Morgan fingerprint density at radius 3 is 2.03 bits per heavy atom. The highest BCUT2D eigenvalue weighted by molar-refractivity contribution is 5.89. The van der Waals surface area contributed by atoms with Gasteiger partial charge >= 0.3 is 6.03 Å². The summed E-state index contributed by atoms with van der Waals surface area (Å²) in [5, 5.41) is 15.3. The molecular formula is C25H46N2O2. The van der Waals surface area contributed by atoms with E-state index in [1.54, 1.807) is 19.1 Å². The molecule has 2 atom stereocenters. The fourth-order valence-electron chi connectivity index (χ4n) is 1.61. The Kier molecular flexibility index (Phi) is 11.2. The third-order valence-corrected chi connectivity index (χ3v) is 2.94. The van der Waals surface area contributed by atoms with Crippen molar-refractivity contribution < 1.29 is 31.3 Å². The van der Waals surface area contributed by atoms with Crippen molar-refractivity contribution in [3.8, 4) is 0 Å². The van der Waals surface area contributed by atoms with E-state index in [2.05, 4.69) is 91.7 Å². The molecule has 0 saturated carbocycles. The van der Waals surface area contributed by atoms with Crippen molar-refractivity contribution in [1.29, 1.82) is 0 Å². The molecule has 1 aromatic carbocycles. The predicted octanol–water partition coefficient (Wildman–Crippen LogP) is 7.45. The number of aliphatic hydroxyl groups is 1. The second kappa shape index (κ2) is 14.5. The summed E-state index contributed by atoms with van der Waals surface area (Å²) in [4.78, 5) is 11.9. The molecule has 1 aromatic rings. The minimum atomic E-state index is -0.955. The molecule has 0 aliphatic rings. The first-order chi connectivity index (χ1) is 14.1. The highest BCUT2D eigenvalue weighted by Gasteiger charge is 2.13. The number of rotatable bonds is 4. The van der Waals surface area contributed by atoms with Gasteiger partial charge in [0.15, 0.2) is 0 Å². The molecule has 0 unspecified atom stereocenters. The largest absolute Gasteiger partial charge is 0.386 e. The lowest BCUT2D eigenvalue weighted by atomic mass is 10.2.